The lowest BCUT2D eigenvalue weighted by atomic mass is 10.0. The van der Waals surface area contributed by atoms with Gasteiger partial charge in [-0.3, -0.25) is 38.4 Å². The van der Waals surface area contributed by atoms with Crippen LogP contribution in [0.1, 0.15) is 70.6 Å². The molecule has 18 nitrogen and oxygen atoms in total. The first kappa shape index (κ1) is 41.6. The molecule has 2 heterocycles. The van der Waals surface area contributed by atoms with Crippen molar-refractivity contribution in [1.82, 2.24) is 47.2 Å². The monoisotopic (exact) mass is 738 g/mol. The molecule has 0 bridgehead atoms. The number of aromatic amines is 1. The number of hydrogen-bond acceptors (Lipinski definition) is 9. The smallest absolute Gasteiger partial charge is 0.243 e. The van der Waals surface area contributed by atoms with Crippen LogP contribution < -0.4 is 43.0 Å². The van der Waals surface area contributed by atoms with Gasteiger partial charge in [-0.2, -0.15) is 0 Å². The van der Waals surface area contributed by atoms with Crippen molar-refractivity contribution in [1.29, 1.82) is 0 Å². The zero-order valence-electron chi connectivity index (χ0n) is 30.2. The van der Waals surface area contributed by atoms with Crippen molar-refractivity contribution in [3.63, 3.8) is 0 Å². The molecule has 0 spiro atoms. The molecular weight excluding hydrogens is 688 g/mol. The number of nitrogens with one attached hydrogen (secondary N) is 8. The summed E-state index contributed by atoms with van der Waals surface area (Å²) in [5.74, 6) is -5.53. The number of nitrogens with two attached hydrogens (primary N) is 1. The second-order valence-electron chi connectivity index (χ2n) is 12.9. The molecule has 1 aliphatic rings. The number of nitrogens with zero attached hydrogens (tertiary/aromatic N) is 1. The van der Waals surface area contributed by atoms with Crippen LogP contribution in [-0.2, 0) is 51.2 Å². The van der Waals surface area contributed by atoms with E-state index >= 15 is 0 Å². The Morgan fingerprint density at radius 3 is 2.23 bits per heavy atom. The van der Waals surface area contributed by atoms with Crippen molar-refractivity contribution < 1.29 is 38.4 Å². The Labute approximate surface area is 307 Å². The predicted octanol–water partition coefficient (Wildman–Crippen LogP) is -1.88. The Balaban J connectivity index is 2.00. The van der Waals surface area contributed by atoms with Gasteiger partial charge in [-0.05, 0) is 31.7 Å². The largest absolute Gasteiger partial charge is 0.368 e. The molecule has 3 rings (SSSR count). The van der Waals surface area contributed by atoms with Crippen molar-refractivity contribution in [3.8, 4) is 0 Å². The number of hydrogen-bond donors (Lipinski definition) is 9. The van der Waals surface area contributed by atoms with Gasteiger partial charge in [-0.15, -0.1) is 0 Å². The third-order valence-electron chi connectivity index (χ3n) is 8.53. The van der Waals surface area contributed by atoms with Crippen LogP contribution in [0.2, 0.25) is 0 Å². The van der Waals surface area contributed by atoms with Gasteiger partial charge in [0.25, 0.3) is 0 Å². The second-order valence-corrected chi connectivity index (χ2v) is 12.9. The van der Waals surface area contributed by atoms with Crippen molar-refractivity contribution in [2.45, 2.75) is 108 Å². The van der Waals surface area contributed by atoms with Gasteiger partial charge in [0, 0.05) is 44.6 Å². The molecule has 1 aromatic heterocycles. The summed E-state index contributed by atoms with van der Waals surface area (Å²) < 4.78 is 0. The van der Waals surface area contributed by atoms with Gasteiger partial charge < -0.3 is 47.9 Å². The molecule has 0 aliphatic carbocycles. The number of unbranched alkanes of at least 4 members (excludes halogenated alkanes) is 1. The Morgan fingerprint density at radius 1 is 0.906 bits per heavy atom. The zero-order chi connectivity index (χ0) is 38.9. The third-order valence-corrected chi connectivity index (χ3v) is 8.53. The number of rotatable bonds is 11. The van der Waals surface area contributed by atoms with E-state index in [1.807, 2.05) is 6.92 Å². The summed E-state index contributed by atoms with van der Waals surface area (Å²) in [7, 11) is 0. The van der Waals surface area contributed by atoms with E-state index in [2.05, 4.69) is 47.2 Å². The Hall–Kier alpha value is -5.81. The standard InChI is InChI=1S/C35H50N10O8/c1-4-5-11-25(41-21(3)46)32(50)43-26-12-13-29(47)38-15-14-24(30(36)48)42-31(49)20(2)40-34(52)27(16-22-9-7-6-8-10-22)44-35(53)28(45-33(26)51)17-23-18-37-19-39-23/h6-10,18-20,24-28H,4-5,11-17H2,1-3H3,(H2,36,48)(H,37,39)(H,38,47)(H,40,52)(H,41,46)(H,42,49)(H,43,50)(H,44,53)(H,45,51). The summed E-state index contributed by atoms with van der Waals surface area (Å²) in [4.78, 5) is 112. The Bertz CT molecular complexity index is 1590. The van der Waals surface area contributed by atoms with E-state index in [4.69, 9.17) is 5.73 Å². The van der Waals surface area contributed by atoms with E-state index in [9.17, 15) is 38.4 Å². The number of carbonyl (C=O) groups excluding carboxylic acids is 8. The molecule has 0 radical (unpaired) electrons. The van der Waals surface area contributed by atoms with E-state index < -0.39 is 83.5 Å². The van der Waals surface area contributed by atoms with Crippen LogP contribution in [0.3, 0.4) is 0 Å². The number of aromatic nitrogens is 2. The molecule has 288 valence electrons. The van der Waals surface area contributed by atoms with Crippen LogP contribution in [0.15, 0.2) is 42.9 Å². The predicted molar refractivity (Wildman–Crippen MR) is 191 cm³/mol. The van der Waals surface area contributed by atoms with E-state index in [1.54, 1.807) is 30.3 Å². The molecule has 2 aromatic rings. The fourth-order valence-electron chi connectivity index (χ4n) is 5.57. The molecule has 6 atom stereocenters. The van der Waals surface area contributed by atoms with Crippen molar-refractivity contribution in [3.05, 3.63) is 54.1 Å². The minimum atomic E-state index is -1.34. The lowest BCUT2D eigenvalue weighted by Gasteiger charge is -2.27. The third kappa shape index (κ3) is 14.0. The Morgan fingerprint density at radius 2 is 1.58 bits per heavy atom. The lowest BCUT2D eigenvalue weighted by Crippen LogP contribution is -2.60. The molecule has 18 heteroatoms. The number of benzene rings is 1. The summed E-state index contributed by atoms with van der Waals surface area (Å²) in [5.41, 5.74) is 6.65. The zero-order valence-corrected chi connectivity index (χ0v) is 30.2. The lowest BCUT2D eigenvalue weighted by molar-refractivity contribution is -0.135. The van der Waals surface area contributed by atoms with E-state index in [0.29, 0.717) is 24.1 Å². The highest BCUT2D eigenvalue weighted by atomic mass is 16.2. The van der Waals surface area contributed by atoms with Crippen LogP contribution in [-0.4, -0.2) is 100 Å². The average Bonchev–Trinajstić information content (AvgIpc) is 3.63. The van der Waals surface area contributed by atoms with Gasteiger partial charge in [0.15, 0.2) is 0 Å². The maximum Gasteiger partial charge on any atom is 0.243 e. The maximum absolute atomic E-state index is 14.0. The molecule has 1 aliphatic heterocycles. The first-order valence-electron chi connectivity index (χ1n) is 17.6. The van der Waals surface area contributed by atoms with E-state index in [-0.39, 0.29) is 38.6 Å². The molecule has 10 N–H and O–H groups in total. The maximum atomic E-state index is 14.0. The number of amides is 8. The summed E-state index contributed by atoms with van der Waals surface area (Å²) in [5, 5.41) is 18.3. The second kappa shape index (κ2) is 20.9. The molecule has 1 aromatic carbocycles. The molecule has 1 fully saturated rings. The van der Waals surface area contributed by atoms with Gasteiger partial charge >= 0.3 is 0 Å². The highest BCUT2D eigenvalue weighted by Crippen LogP contribution is 2.09. The van der Waals surface area contributed by atoms with E-state index in [0.717, 1.165) is 6.42 Å². The van der Waals surface area contributed by atoms with Crippen molar-refractivity contribution in [2.75, 3.05) is 6.54 Å². The van der Waals surface area contributed by atoms with Crippen LogP contribution in [0.5, 0.6) is 0 Å². The number of H-pyrrole nitrogens is 1. The average molecular weight is 739 g/mol. The highest BCUT2D eigenvalue weighted by Gasteiger charge is 2.33. The first-order chi connectivity index (χ1) is 25.3. The van der Waals surface area contributed by atoms with Gasteiger partial charge in [0.2, 0.25) is 47.3 Å². The van der Waals surface area contributed by atoms with Crippen LogP contribution >= 0.6 is 0 Å². The SMILES string of the molecule is CCCCC(NC(C)=O)C(=O)NC1CCC(=O)NCCC(C(N)=O)NC(=O)C(C)NC(=O)C(Cc2ccccc2)NC(=O)C(Cc2cnc[nH]2)NC1=O. The normalized spacial score (nSPS) is 22.9. The fourth-order valence-corrected chi connectivity index (χ4v) is 5.57. The molecule has 8 amide bonds. The summed E-state index contributed by atoms with van der Waals surface area (Å²) >= 11 is 0. The minimum absolute atomic E-state index is 0.0101. The van der Waals surface area contributed by atoms with Crippen LogP contribution in [0.25, 0.3) is 0 Å². The first-order valence-corrected chi connectivity index (χ1v) is 17.6. The quantitative estimate of drug-likeness (QED) is 0.125. The van der Waals surface area contributed by atoms with Gasteiger partial charge in [0.05, 0.1) is 6.33 Å². The van der Waals surface area contributed by atoms with Crippen LogP contribution in [0, 0.1) is 0 Å². The van der Waals surface area contributed by atoms with E-state index in [1.165, 1.54) is 26.4 Å². The summed E-state index contributed by atoms with van der Waals surface area (Å²) in [6.07, 6.45) is 3.83. The summed E-state index contributed by atoms with van der Waals surface area (Å²) in [6.45, 7) is 4.50. The molecular formula is C35H50N10O8. The fraction of sp³-hybridized carbons (Fsp3) is 0.514. The molecule has 1 saturated heterocycles. The number of carbonyl (C=O) groups is 8. The number of imidazole rings is 1. The van der Waals surface area contributed by atoms with Gasteiger partial charge in [-0.25, -0.2) is 4.98 Å². The Kier molecular flexibility index (Phi) is 16.4. The van der Waals surface area contributed by atoms with Crippen molar-refractivity contribution in [2.24, 2.45) is 5.73 Å². The summed E-state index contributed by atoms with van der Waals surface area (Å²) in [6, 6.07) is 1.59. The van der Waals surface area contributed by atoms with Gasteiger partial charge in [0.1, 0.15) is 36.3 Å². The van der Waals surface area contributed by atoms with Crippen LogP contribution in [0.4, 0.5) is 0 Å². The minimum Gasteiger partial charge on any atom is -0.368 e. The van der Waals surface area contributed by atoms with Gasteiger partial charge in [-0.1, -0.05) is 50.1 Å². The molecule has 6 unspecified atom stereocenters. The topological polar surface area (TPSA) is 275 Å². The molecule has 53 heavy (non-hydrogen) atoms. The highest BCUT2D eigenvalue weighted by molar-refractivity contribution is 5.97. The molecule has 0 saturated carbocycles. The van der Waals surface area contributed by atoms with Crippen molar-refractivity contribution >= 4 is 47.3 Å². The number of primary amides is 1.